The summed E-state index contributed by atoms with van der Waals surface area (Å²) in [7, 11) is 5.96. The Balaban J connectivity index is 4.20. The SMILES string of the molecule is CCCC/C=C\C/C=C\CCCCCCCC(=O)OCC(COC(OCC[N+](C)(C)C)C(=O)O)OC(=O)CCCCCCCCCCCCCCCC/C=C\C/C=C\C/C=C\CCCCCCC. The molecular weight excluding hydrogens is 851 g/mol. The zero-order chi connectivity index (χ0) is 49.9. The third-order valence-corrected chi connectivity index (χ3v) is 12.0. The number of ether oxygens (including phenoxy) is 4. The molecule has 0 saturated carbocycles. The average Bonchev–Trinajstić information content (AvgIpc) is 3.30. The van der Waals surface area contributed by atoms with Crippen LogP contribution >= 0.6 is 0 Å². The second-order valence-electron chi connectivity index (χ2n) is 19.9. The lowest BCUT2D eigenvalue weighted by Crippen LogP contribution is -2.40. The highest BCUT2D eigenvalue weighted by Crippen LogP contribution is 2.16. The highest BCUT2D eigenvalue weighted by atomic mass is 16.7. The number of rotatable bonds is 51. The average molecular weight is 957 g/mol. The minimum atomic E-state index is -1.51. The van der Waals surface area contributed by atoms with Crippen molar-refractivity contribution < 1.29 is 42.9 Å². The number of carbonyl (C=O) groups excluding carboxylic acids is 2. The number of carbonyl (C=O) groups is 3. The zero-order valence-corrected chi connectivity index (χ0v) is 44.8. The van der Waals surface area contributed by atoms with E-state index in [1.807, 2.05) is 21.1 Å². The van der Waals surface area contributed by atoms with Crippen molar-refractivity contribution in [1.29, 1.82) is 0 Å². The molecule has 0 fully saturated rings. The van der Waals surface area contributed by atoms with E-state index in [0.717, 1.165) is 77.0 Å². The monoisotopic (exact) mass is 957 g/mol. The van der Waals surface area contributed by atoms with Crippen molar-refractivity contribution in [3.8, 4) is 0 Å². The van der Waals surface area contributed by atoms with Gasteiger partial charge in [-0.15, -0.1) is 0 Å². The minimum absolute atomic E-state index is 0.184. The minimum Gasteiger partial charge on any atom is -0.477 e. The molecule has 2 atom stereocenters. The van der Waals surface area contributed by atoms with Gasteiger partial charge < -0.3 is 28.5 Å². The van der Waals surface area contributed by atoms with Crippen LogP contribution in [0.15, 0.2) is 60.8 Å². The van der Waals surface area contributed by atoms with Gasteiger partial charge in [0.25, 0.3) is 6.29 Å². The molecule has 9 nitrogen and oxygen atoms in total. The fraction of sp³-hybridized carbons (Fsp3) is 0.780. The Morgan fingerprint density at radius 3 is 1.22 bits per heavy atom. The number of aliphatic carboxylic acids is 1. The maximum absolute atomic E-state index is 12.8. The van der Waals surface area contributed by atoms with E-state index in [-0.39, 0.29) is 38.6 Å². The largest absolute Gasteiger partial charge is 0.477 e. The third kappa shape index (κ3) is 50.9. The molecular formula is C59H106NO8+. The zero-order valence-electron chi connectivity index (χ0n) is 44.8. The number of carboxylic acids is 1. The van der Waals surface area contributed by atoms with E-state index in [9.17, 15) is 19.5 Å². The number of allylic oxidation sites excluding steroid dienone is 10. The van der Waals surface area contributed by atoms with Gasteiger partial charge in [0.1, 0.15) is 13.2 Å². The van der Waals surface area contributed by atoms with Gasteiger partial charge in [-0.3, -0.25) is 9.59 Å². The van der Waals surface area contributed by atoms with Gasteiger partial charge in [-0.1, -0.05) is 209 Å². The summed E-state index contributed by atoms with van der Waals surface area (Å²) in [6.45, 7) is 4.81. The van der Waals surface area contributed by atoms with Crippen LogP contribution in [0.3, 0.4) is 0 Å². The lowest BCUT2D eigenvalue weighted by atomic mass is 10.0. The summed E-state index contributed by atoms with van der Waals surface area (Å²) in [5.74, 6) is -2.02. The molecule has 0 amide bonds. The summed E-state index contributed by atoms with van der Waals surface area (Å²) in [5, 5.41) is 9.68. The third-order valence-electron chi connectivity index (χ3n) is 12.0. The van der Waals surface area contributed by atoms with Gasteiger partial charge in [0.05, 0.1) is 34.4 Å². The van der Waals surface area contributed by atoms with Crippen LogP contribution in [0.2, 0.25) is 0 Å². The molecule has 0 rings (SSSR count). The predicted molar refractivity (Wildman–Crippen MR) is 286 cm³/mol. The highest BCUT2D eigenvalue weighted by Gasteiger charge is 2.25. The smallest absolute Gasteiger partial charge is 0.361 e. The van der Waals surface area contributed by atoms with Gasteiger partial charge in [-0.25, -0.2) is 4.79 Å². The van der Waals surface area contributed by atoms with Crippen molar-refractivity contribution in [2.24, 2.45) is 0 Å². The van der Waals surface area contributed by atoms with Crippen molar-refractivity contribution in [2.45, 2.75) is 251 Å². The first-order chi connectivity index (χ1) is 33.1. The molecule has 0 aliphatic heterocycles. The predicted octanol–water partition coefficient (Wildman–Crippen LogP) is 16.1. The van der Waals surface area contributed by atoms with Crippen molar-refractivity contribution >= 4 is 17.9 Å². The van der Waals surface area contributed by atoms with Crippen LogP contribution < -0.4 is 0 Å². The maximum atomic E-state index is 12.8. The van der Waals surface area contributed by atoms with Crippen LogP contribution in [-0.2, 0) is 33.3 Å². The molecule has 0 aliphatic rings. The quantitative estimate of drug-likeness (QED) is 0.0211. The molecule has 0 aromatic carbocycles. The van der Waals surface area contributed by atoms with E-state index in [0.29, 0.717) is 11.0 Å². The molecule has 394 valence electrons. The van der Waals surface area contributed by atoms with Crippen LogP contribution in [0.5, 0.6) is 0 Å². The molecule has 0 heterocycles. The molecule has 0 radical (unpaired) electrons. The summed E-state index contributed by atoms with van der Waals surface area (Å²) >= 11 is 0. The molecule has 0 bridgehead atoms. The lowest BCUT2D eigenvalue weighted by molar-refractivity contribution is -0.870. The summed E-state index contributed by atoms with van der Waals surface area (Å²) in [5.41, 5.74) is 0. The van der Waals surface area contributed by atoms with Crippen LogP contribution in [0.4, 0.5) is 0 Å². The first-order valence-electron chi connectivity index (χ1n) is 28.0. The molecule has 0 aromatic rings. The molecule has 0 aliphatic carbocycles. The summed E-state index contributed by atoms with van der Waals surface area (Å²) < 4.78 is 22.8. The van der Waals surface area contributed by atoms with Crippen molar-refractivity contribution in [3.63, 3.8) is 0 Å². The highest BCUT2D eigenvalue weighted by molar-refractivity contribution is 5.71. The van der Waals surface area contributed by atoms with Crippen molar-refractivity contribution in [1.82, 2.24) is 0 Å². The normalized spacial score (nSPS) is 13.2. The second kappa shape index (κ2) is 50.4. The Kier molecular flexibility index (Phi) is 48.2. The summed E-state index contributed by atoms with van der Waals surface area (Å²) in [6, 6.07) is 0. The van der Waals surface area contributed by atoms with E-state index < -0.39 is 24.3 Å². The van der Waals surface area contributed by atoms with Gasteiger partial charge >= 0.3 is 17.9 Å². The van der Waals surface area contributed by atoms with E-state index in [4.69, 9.17) is 18.9 Å². The van der Waals surface area contributed by atoms with E-state index in [1.54, 1.807) is 0 Å². The molecule has 0 spiro atoms. The molecule has 68 heavy (non-hydrogen) atoms. The van der Waals surface area contributed by atoms with Crippen molar-refractivity contribution in [2.75, 3.05) is 47.5 Å². The van der Waals surface area contributed by atoms with Gasteiger partial charge in [0.15, 0.2) is 6.10 Å². The number of hydrogen-bond donors (Lipinski definition) is 1. The Morgan fingerprint density at radius 1 is 0.441 bits per heavy atom. The first kappa shape index (κ1) is 65.0. The standard InChI is InChI=1S/C59H105NO8/c1-6-8-10-12-14-16-18-20-22-23-24-25-26-27-28-29-30-31-32-33-34-35-36-38-40-42-44-46-48-50-57(62)68-55(54-67-59(58(63)64)65-52-51-60(3,4)5)53-66-56(61)49-47-45-43-41-39-37-21-19-17-15-13-11-9-7-2/h13,15,18-21,23-24,26-27,55,59H,6-12,14,16-17,22,25,28-54H2,1-5H3/p+1/b15-13-,20-18-,21-19-,24-23-,27-26-. The van der Waals surface area contributed by atoms with E-state index >= 15 is 0 Å². The summed E-state index contributed by atoms with van der Waals surface area (Å²) in [4.78, 5) is 37.3. The molecule has 0 saturated heterocycles. The Morgan fingerprint density at radius 2 is 0.809 bits per heavy atom. The van der Waals surface area contributed by atoms with Crippen LogP contribution in [0.1, 0.15) is 239 Å². The molecule has 2 unspecified atom stereocenters. The Bertz CT molecular complexity index is 1300. The lowest BCUT2D eigenvalue weighted by Gasteiger charge is -2.25. The van der Waals surface area contributed by atoms with Crippen LogP contribution in [0.25, 0.3) is 0 Å². The van der Waals surface area contributed by atoms with Crippen LogP contribution in [-0.4, -0.2) is 87.4 Å². The van der Waals surface area contributed by atoms with Crippen molar-refractivity contribution in [3.05, 3.63) is 60.8 Å². The number of hydrogen-bond acceptors (Lipinski definition) is 7. The number of likely N-dealkylation sites (N-methyl/N-ethyl adjacent to an activating group) is 1. The van der Waals surface area contributed by atoms with Crippen LogP contribution in [0, 0.1) is 0 Å². The number of quaternary nitrogens is 1. The maximum Gasteiger partial charge on any atom is 0.361 e. The molecule has 0 aromatic heterocycles. The first-order valence-corrected chi connectivity index (χ1v) is 28.0. The number of nitrogens with zero attached hydrogens (tertiary/aromatic N) is 1. The fourth-order valence-electron chi connectivity index (χ4n) is 7.62. The van der Waals surface area contributed by atoms with Gasteiger partial charge in [0, 0.05) is 12.8 Å². The Labute approximate surface area is 418 Å². The second-order valence-corrected chi connectivity index (χ2v) is 19.9. The van der Waals surface area contributed by atoms with E-state index in [1.165, 1.54) is 135 Å². The van der Waals surface area contributed by atoms with Gasteiger partial charge in [-0.2, -0.15) is 0 Å². The fourth-order valence-corrected chi connectivity index (χ4v) is 7.62. The van der Waals surface area contributed by atoms with Gasteiger partial charge in [-0.05, 0) is 77.0 Å². The summed E-state index contributed by atoms with van der Waals surface area (Å²) in [6.07, 6.45) is 60.1. The number of unbranched alkanes of at least 4 members (excludes halogenated alkanes) is 26. The Hall–Kier alpha value is -3.01. The number of carboxylic acid groups (broad SMARTS) is 1. The molecule has 1 N–H and O–H groups in total. The van der Waals surface area contributed by atoms with E-state index in [2.05, 4.69) is 74.6 Å². The topological polar surface area (TPSA) is 108 Å². The molecule has 9 heteroatoms. The number of esters is 2. The van der Waals surface area contributed by atoms with Gasteiger partial charge in [0.2, 0.25) is 0 Å².